The quantitative estimate of drug-likeness (QED) is 0.783. The molecule has 1 amide bonds. The maximum absolute atomic E-state index is 13.8. The van der Waals surface area contributed by atoms with Crippen molar-refractivity contribution in [1.29, 1.82) is 5.26 Å². The molecule has 6 nitrogen and oxygen atoms in total. The molecule has 1 aromatic rings. The Morgan fingerprint density at radius 1 is 1.36 bits per heavy atom. The number of benzene rings is 1. The molecule has 3 aliphatic rings. The number of thiocarbonyl (C=S) groups is 1. The molecule has 0 aromatic heterocycles. The Labute approximate surface area is 170 Å². The topological polar surface area (TPSA) is 74.6 Å². The molecular formula is C21H25N3O3S. The van der Waals surface area contributed by atoms with E-state index < -0.39 is 5.54 Å². The molecule has 1 aromatic carbocycles. The SMILES string of the molecule is COCCN1C(=O)C2(NC1=S)c1cc(C#N)ccc1CC21CCC(OC)CC1. The zero-order chi connectivity index (χ0) is 19.9. The van der Waals surface area contributed by atoms with Crippen LogP contribution in [0.3, 0.4) is 0 Å². The van der Waals surface area contributed by atoms with Crippen LogP contribution in [0.4, 0.5) is 0 Å². The summed E-state index contributed by atoms with van der Waals surface area (Å²) in [6.07, 6.45) is 4.62. The minimum atomic E-state index is -0.904. The van der Waals surface area contributed by atoms with E-state index in [0.29, 0.717) is 23.8 Å². The second-order valence-corrected chi connectivity index (χ2v) is 8.39. The number of methoxy groups -OCH3 is 2. The van der Waals surface area contributed by atoms with Crippen LogP contribution < -0.4 is 5.32 Å². The zero-order valence-electron chi connectivity index (χ0n) is 16.3. The van der Waals surface area contributed by atoms with E-state index in [1.165, 1.54) is 0 Å². The Balaban J connectivity index is 1.82. The normalized spacial score (nSPS) is 31.3. The van der Waals surface area contributed by atoms with Crippen molar-refractivity contribution >= 4 is 23.2 Å². The number of nitrogens with zero attached hydrogens (tertiary/aromatic N) is 2. The number of rotatable bonds is 4. The number of fused-ring (bicyclic) bond motifs is 3. The highest BCUT2D eigenvalue weighted by atomic mass is 32.1. The second-order valence-electron chi connectivity index (χ2n) is 8.01. The van der Waals surface area contributed by atoms with Gasteiger partial charge >= 0.3 is 0 Å². The van der Waals surface area contributed by atoms with Crippen LogP contribution in [-0.4, -0.2) is 49.4 Å². The molecule has 7 heteroatoms. The Hall–Kier alpha value is -2.01. The highest BCUT2D eigenvalue weighted by molar-refractivity contribution is 7.80. The molecule has 4 rings (SSSR count). The Morgan fingerprint density at radius 2 is 2.11 bits per heavy atom. The molecule has 0 radical (unpaired) electrons. The van der Waals surface area contributed by atoms with Gasteiger partial charge in [-0.05, 0) is 67.6 Å². The number of carbonyl (C=O) groups is 1. The lowest BCUT2D eigenvalue weighted by molar-refractivity contribution is -0.138. The average molecular weight is 400 g/mol. The number of hydrogen-bond acceptors (Lipinski definition) is 5. The van der Waals surface area contributed by atoms with Crippen molar-refractivity contribution in [3.05, 3.63) is 34.9 Å². The smallest absolute Gasteiger partial charge is 0.259 e. The highest BCUT2D eigenvalue weighted by Crippen LogP contribution is 2.60. The lowest BCUT2D eigenvalue weighted by Crippen LogP contribution is -2.56. The average Bonchev–Trinajstić information content (AvgIpc) is 3.12. The van der Waals surface area contributed by atoms with E-state index in [2.05, 4.69) is 11.4 Å². The monoisotopic (exact) mass is 399 g/mol. The molecule has 148 valence electrons. The van der Waals surface area contributed by atoms with Gasteiger partial charge in [0, 0.05) is 19.6 Å². The van der Waals surface area contributed by atoms with Gasteiger partial charge in [-0.3, -0.25) is 9.69 Å². The first-order valence-electron chi connectivity index (χ1n) is 9.70. The van der Waals surface area contributed by atoms with Crippen LogP contribution in [0.25, 0.3) is 0 Å². The number of nitriles is 1. The van der Waals surface area contributed by atoms with Crippen molar-refractivity contribution in [2.75, 3.05) is 27.4 Å². The van der Waals surface area contributed by atoms with E-state index in [1.807, 2.05) is 18.2 Å². The van der Waals surface area contributed by atoms with Crippen LogP contribution in [0.2, 0.25) is 0 Å². The van der Waals surface area contributed by atoms with Gasteiger partial charge in [0.05, 0.1) is 30.9 Å². The standard InChI is InChI=1S/C21H25N3O3S/c1-26-10-9-24-18(25)21(23-19(24)28)17-11-14(13-22)3-4-15(17)12-20(21)7-5-16(27-2)6-8-20/h3-4,11,16H,5-10,12H2,1-2H3,(H,23,28). The van der Waals surface area contributed by atoms with Crippen LogP contribution in [-0.2, 0) is 26.2 Å². The molecule has 1 saturated heterocycles. The lowest BCUT2D eigenvalue weighted by Gasteiger charge is -2.46. The van der Waals surface area contributed by atoms with Gasteiger partial charge < -0.3 is 14.8 Å². The minimum Gasteiger partial charge on any atom is -0.383 e. The van der Waals surface area contributed by atoms with Crippen LogP contribution in [0, 0.1) is 16.7 Å². The zero-order valence-corrected chi connectivity index (χ0v) is 17.1. The molecule has 1 N–H and O–H groups in total. The third-order valence-corrected chi connectivity index (χ3v) is 7.14. The van der Waals surface area contributed by atoms with Crippen molar-refractivity contribution in [2.45, 2.75) is 43.7 Å². The summed E-state index contributed by atoms with van der Waals surface area (Å²) in [7, 11) is 3.37. The predicted molar refractivity (Wildman–Crippen MR) is 108 cm³/mol. The van der Waals surface area contributed by atoms with Gasteiger partial charge in [-0.1, -0.05) is 6.07 Å². The predicted octanol–water partition coefficient (Wildman–Crippen LogP) is 2.25. The maximum Gasteiger partial charge on any atom is 0.259 e. The lowest BCUT2D eigenvalue weighted by atomic mass is 9.61. The number of amides is 1. The van der Waals surface area contributed by atoms with E-state index in [4.69, 9.17) is 21.7 Å². The number of nitrogens with one attached hydrogen (secondary N) is 1. The molecule has 1 saturated carbocycles. The fourth-order valence-corrected chi connectivity index (χ4v) is 5.69. The number of carbonyl (C=O) groups excluding carboxylic acids is 1. The molecule has 2 spiro atoms. The molecule has 0 bridgehead atoms. The van der Waals surface area contributed by atoms with Crippen LogP contribution in [0.5, 0.6) is 0 Å². The minimum absolute atomic E-state index is 0.0146. The van der Waals surface area contributed by atoms with Gasteiger partial charge in [0.1, 0.15) is 0 Å². The van der Waals surface area contributed by atoms with Crippen molar-refractivity contribution < 1.29 is 14.3 Å². The van der Waals surface area contributed by atoms with Gasteiger partial charge in [0.15, 0.2) is 10.7 Å². The third-order valence-electron chi connectivity index (χ3n) is 6.81. The van der Waals surface area contributed by atoms with Gasteiger partial charge in [0.25, 0.3) is 5.91 Å². The largest absolute Gasteiger partial charge is 0.383 e. The molecule has 1 heterocycles. The second kappa shape index (κ2) is 7.11. The van der Waals surface area contributed by atoms with Crippen molar-refractivity contribution in [2.24, 2.45) is 5.41 Å². The summed E-state index contributed by atoms with van der Waals surface area (Å²) in [6.45, 7) is 0.848. The molecular weight excluding hydrogens is 374 g/mol. The van der Waals surface area contributed by atoms with Crippen LogP contribution >= 0.6 is 12.2 Å². The number of ether oxygens (including phenoxy) is 2. The van der Waals surface area contributed by atoms with E-state index in [1.54, 1.807) is 19.1 Å². The summed E-state index contributed by atoms with van der Waals surface area (Å²) in [5.41, 5.74) is 1.44. The molecule has 1 aliphatic heterocycles. The van der Waals surface area contributed by atoms with E-state index in [9.17, 15) is 10.1 Å². The first kappa shape index (κ1) is 19.3. The Bertz CT molecular complexity index is 857. The Kier molecular flexibility index (Phi) is 4.90. The summed E-state index contributed by atoms with van der Waals surface area (Å²) in [4.78, 5) is 15.5. The summed E-state index contributed by atoms with van der Waals surface area (Å²) in [6, 6.07) is 7.93. The molecule has 1 atom stereocenters. The van der Waals surface area contributed by atoms with E-state index in [0.717, 1.165) is 43.2 Å². The van der Waals surface area contributed by atoms with Crippen molar-refractivity contribution in [3.63, 3.8) is 0 Å². The first-order chi connectivity index (χ1) is 13.5. The van der Waals surface area contributed by atoms with Crippen LogP contribution in [0.15, 0.2) is 18.2 Å². The van der Waals surface area contributed by atoms with Crippen molar-refractivity contribution in [1.82, 2.24) is 10.2 Å². The fraction of sp³-hybridized carbons (Fsp3) is 0.571. The van der Waals surface area contributed by atoms with E-state index >= 15 is 0 Å². The van der Waals surface area contributed by atoms with Gasteiger partial charge in [-0.25, -0.2) is 0 Å². The van der Waals surface area contributed by atoms with Gasteiger partial charge in [-0.15, -0.1) is 0 Å². The molecule has 28 heavy (non-hydrogen) atoms. The molecule has 2 aliphatic carbocycles. The van der Waals surface area contributed by atoms with Gasteiger partial charge in [-0.2, -0.15) is 5.26 Å². The van der Waals surface area contributed by atoms with E-state index in [-0.39, 0.29) is 17.4 Å². The summed E-state index contributed by atoms with van der Waals surface area (Å²) >= 11 is 5.58. The summed E-state index contributed by atoms with van der Waals surface area (Å²) in [5.74, 6) is -0.0146. The fourth-order valence-electron chi connectivity index (χ4n) is 5.37. The Morgan fingerprint density at radius 3 is 2.75 bits per heavy atom. The third kappa shape index (κ3) is 2.59. The highest BCUT2D eigenvalue weighted by Gasteiger charge is 2.67. The van der Waals surface area contributed by atoms with Crippen molar-refractivity contribution in [3.8, 4) is 6.07 Å². The maximum atomic E-state index is 13.8. The van der Waals surface area contributed by atoms with Gasteiger partial charge in [0.2, 0.25) is 0 Å². The summed E-state index contributed by atoms with van der Waals surface area (Å²) in [5, 5.41) is 13.3. The number of hydrogen-bond donors (Lipinski definition) is 1. The van der Waals surface area contributed by atoms with Crippen LogP contribution in [0.1, 0.15) is 42.4 Å². The first-order valence-corrected chi connectivity index (χ1v) is 10.1. The molecule has 1 unspecified atom stereocenters. The summed E-state index contributed by atoms with van der Waals surface area (Å²) < 4.78 is 10.8. The molecule has 2 fully saturated rings.